The first-order valence-corrected chi connectivity index (χ1v) is 8.48. The minimum absolute atomic E-state index is 0.278. The molecule has 1 fully saturated rings. The van der Waals surface area contributed by atoms with Gasteiger partial charge in [0.15, 0.2) is 0 Å². The summed E-state index contributed by atoms with van der Waals surface area (Å²) in [4.78, 5) is 25.7. The Hall–Kier alpha value is -1.54. The van der Waals surface area contributed by atoms with Crippen molar-refractivity contribution in [3.63, 3.8) is 0 Å². The number of hydrogen-bond acceptors (Lipinski definition) is 6. The van der Waals surface area contributed by atoms with Gasteiger partial charge in [0.1, 0.15) is 5.01 Å². The average molecular weight is 343 g/mol. The van der Waals surface area contributed by atoms with Crippen LogP contribution in [0.15, 0.2) is 4.79 Å². The lowest BCUT2D eigenvalue weighted by atomic mass is 9.86. The first kappa shape index (κ1) is 15.4. The third-order valence-corrected chi connectivity index (χ3v) is 5.36. The number of halogens is 1. The van der Waals surface area contributed by atoms with Crippen molar-refractivity contribution in [2.45, 2.75) is 44.9 Å². The highest BCUT2D eigenvalue weighted by Gasteiger charge is 2.24. The van der Waals surface area contributed by atoms with Crippen molar-refractivity contribution in [3.8, 4) is 0 Å². The van der Waals surface area contributed by atoms with Crippen LogP contribution in [-0.4, -0.2) is 19.5 Å². The van der Waals surface area contributed by atoms with Gasteiger partial charge in [0, 0.05) is 6.42 Å². The largest absolute Gasteiger partial charge is 0.372 e. The van der Waals surface area contributed by atoms with Crippen molar-refractivity contribution < 1.29 is 4.92 Å². The normalized spacial score (nSPS) is 16.2. The lowest BCUT2D eigenvalue weighted by Gasteiger charge is -2.20. The van der Waals surface area contributed by atoms with Crippen LogP contribution in [-0.2, 0) is 6.42 Å². The molecule has 0 atom stereocenters. The van der Waals surface area contributed by atoms with E-state index in [9.17, 15) is 14.9 Å². The standard InChI is InChI=1S/C13H15ClN4O3S/c14-11-10(18(20)21)12(19)15-13-17(11)16-9(22-13)7-6-8-4-2-1-3-5-8/h8H,1-7H2. The summed E-state index contributed by atoms with van der Waals surface area (Å²) < 4.78 is 1.20. The summed E-state index contributed by atoms with van der Waals surface area (Å²) in [5, 5.41) is 15.7. The number of fused-ring (bicyclic) bond motifs is 1. The fraction of sp³-hybridized carbons (Fsp3) is 0.615. The van der Waals surface area contributed by atoms with Gasteiger partial charge in [-0.15, -0.1) is 0 Å². The van der Waals surface area contributed by atoms with Gasteiger partial charge in [-0.1, -0.05) is 55.0 Å². The minimum Gasteiger partial charge on any atom is -0.259 e. The Morgan fingerprint density at radius 1 is 1.36 bits per heavy atom. The summed E-state index contributed by atoms with van der Waals surface area (Å²) >= 11 is 7.20. The van der Waals surface area contributed by atoms with Gasteiger partial charge in [-0.3, -0.25) is 14.9 Å². The van der Waals surface area contributed by atoms with Crippen molar-refractivity contribution in [3.05, 3.63) is 30.6 Å². The molecular weight excluding hydrogens is 328 g/mol. The molecule has 3 rings (SSSR count). The highest BCUT2D eigenvalue weighted by atomic mass is 35.5. The zero-order chi connectivity index (χ0) is 15.7. The summed E-state index contributed by atoms with van der Waals surface area (Å²) in [6, 6.07) is 0. The third kappa shape index (κ3) is 2.98. The van der Waals surface area contributed by atoms with Crippen LogP contribution in [0.4, 0.5) is 5.69 Å². The lowest BCUT2D eigenvalue weighted by Crippen LogP contribution is -2.14. The molecule has 0 amide bonds. The van der Waals surface area contributed by atoms with E-state index in [1.54, 1.807) is 0 Å². The molecule has 0 bridgehead atoms. The molecule has 0 saturated heterocycles. The molecular formula is C13H15ClN4O3S. The Morgan fingerprint density at radius 3 is 2.77 bits per heavy atom. The van der Waals surface area contributed by atoms with Gasteiger partial charge in [-0.05, 0) is 12.3 Å². The van der Waals surface area contributed by atoms with E-state index in [4.69, 9.17) is 11.6 Å². The Morgan fingerprint density at radius 2 is 2.09 bits per heavy atom. The Labute approximate surface area is 135 Å². The lowest BCUT2D eigenvalue weighted by molar-refractivity contribution is -0.386. The quantitative estimate of drug-likeness (QED) is 0.483. The molecule has 1 aliphatic carbocycles. The van der Waals surface area contributed by atoms with Crippen LogP contribution in [0.2, 0.25) is 5.15 Å². The first-order chi connectivity index (χ1) is 10.6. The summed E-state index contributed by atoms with van der Waals surface area (Å²) in [7, 11) is 0. The van der Waals surface area contributed by atoms with Gasteiger partial charge < -0.3 is 0 Å². The number of nitro groups is 1. The fourth-order valence-electron chi connectivity index (χ4n) is 2.91. The van der Waals surface area contributed by atoms with Gasteiger partial charge in [-0.25, -0.2) is 0 Å². The van der Waals surface area contributed by atoms with Crippen LogP contribution in [0.1, 0.15) is 43.5 Å². The highest BCUT2D eigenvalue weighted by molar-refractivity contribution is 7.16. The van der Waals surface area contributed by atoms with Crippen LogP contribution in [0.5, 0.6) is 0 Å². The maximum absolute atomic E-state index is 11.6. The molecule has 0 radical (unpaired) electrons. The molecule has 2 heterocycles. The van der Waals surface area contributed by atoms with Crippen LogP contribution in [0.3, 0.4) is 0 Å². The van der Waals surface area contributed by atoms with E-state index >= 15 is 0 Å². The van der Waals surface area contributed by atoms with Crippen LogP contribution < -0.4 is 5.56 Å². The van der Waals surface area contributed by atoms with Crippen LogP contribution in [0, 0.1) is 16.0 Å². The van der Waals surface area contributed by atoms with Gasteiger partial charge in [-0.2, -0.15) is 14.6 Å². The first-order valence-electron chi connectivity index (χ1n) is 7.29. The number of aryl methyl sites for hydroxylation is 1. The van der Waals surface area contributed by atoms with E-state index in [1.165, 1.54) is 48.0 Å². The molecule has 0 unspecified atom stereocenters. The number of rotatable bonds is 4. The SMILES string of the molecule is O=c1nc2sc(CCC3CCCCC3)nn2c(Cl)c1[N+](=O)[O-]. The fourth-order valence-corrected chi connectivity index (χ4v) is 4.13. The predicted molar refractivity (Wildman–Crippen MR) is 83.7 cm³/mol. The average Bonchev–Trinajstić information content (AvgIpc) is 2.89. The maximum Gasteiger partial charge on any atom is 0.372 e. The highest BCUT2D eigenvalue weighted by Crippen LogP contribution is 2.29. The van der Waals surface area contributed by atoms with E-state index < -0.39 is 16.2 Å². The monoisotopic (exact) mass is 342 g/mol. The number of nitrogens with zero attached hydrogens (tertiary/aromatic N) is 4. The Balaban J connectivity index is 1.85. The molecule has 2 aromatic rings. The van der Waals surface area contributed by atoms with Crippen molar-refractivity contribution >= 4 is 33.6 Å². The van der Waals surface area contributed by atoms with Crippen LogP contribution in [0.25, 0.3) is 4.96 Å². The molecule has 1 saturated carbocycles. The van der Waals surface area contributed by atoms with Crippen molar-refractivity contribution in [1.29, 1.82) is 0 Å². The molecule has 22 heavy (non-hydrogen) atoms. The maximum atomic E-state index is 11.6. The summed E-state index contributed by atoms with van der Waals surface area (Å²) in [5.74, 6) is 0.721. The van der Waals surface area contributed by atoms with Gasteiger partial charge in [0.2, 0.25) is 10.1 Å². The Bertz CT molecular complexity index is 766. The van der Waals surface area contributed by atoms with Crippen LogP contribution >= 0.6 is 22.9 Å². The second-order valence-electron chi connectivity index (χ2n) is 5.55. The van der Waals surface area contributed by atoms with E-state index in [-0.39, 0.29) is 5.15 Å². The van der Waals surface area contributed by atoms with Gasteiger partial charge in [0.25, 0.3) is 0 Å². The second kappa shape index (κ2) is 6.29. The Kier molecular flexibility index (Phi) is 4.39. The molecule has 2 aromatic heterocycles. The molecule has 1 aliphatic rings. The van der Waals surface area contributed by atoms with Gasteiger partial charge >= 0.3 is 11.2 Å². The molecule has 0 aliphatic heterocycles. The molecule has 0 N–H and O–H groups in total. The smallest absolute Gasteiger partial charge is 0.259 e. The van der Waals surface area contributed by atoms with Crippen molar-refractivity contribution in [1.82, 2.24) is 14.6 Å². The zero-order valence-corrected chi connectivity index (χ0v) is 13.4. The minimum atomic E-state index is -0.919. The zero-order valence-electron chi connectivity index (χ0n) is 11.8. The topological polar surface area (TPSA) is 90.4 Å². The van der Waals surface area contributed by atoms with E-state index in [2.05, 4.69) is 10.1 Å². The van der Waals surface area contributed by atoms with E-state index in [1.807, 2.05) is 0 Å². The predicted octanol–water partition coefficient (Wildman–Crippen LogP) is 3.23. The van der Waals surface area contributed by atoms with E-state index in [0.29, 0.717) is 4.96 Å². The summed E-state index contributed by atoms with van der Waals surface area (Å²) in [5.41, 5.74) is -1.64. The third-order valence-electron chi connectivity index (χ3n) is 4.06. The number of hydrogen-bond donors (Lipinski definition) is 0. The van der Waals surface area contributed by atoms with Crippen molar-refractivity contribution in [2.75, 3.05) is 0 Å². The molecule has 9 heteroatoms. The summed E-state index contributed by atoms with van der Waals surface area (Å²) in [6.07, 6.45) is 8.25. The van der Waals surface area contributed by atoms with Crippen molar-refractivity contribution in [2.24, 2.45) is 5.92 Å². The molecule has 0 aromatic carbocycles. The molecule has 7 nitrogen and oxygen atoms in total. The van der Waals surface area contributed by atoms with Gasteiger partial charge in [0.05, 0.1) is 4.92 Å². The summed E-state index contributed by atoms with van der Waals surface area (Å²) in [6.45, 7) is 0. The molecule has 118 valence electrons. The second-order valence-corrected chi connectivity index (χ2v) is 6.94. The molecule has 0 spiro atoms. The van der Waals surface area contributed by atoms with E-state index in [0.717, 1.165) is 23.8 Å². The number of aromatic nitrogens is 3.